The summed E-state index contributed by atoms with van der Waals surface area (Å²) in [7, 11) is 1.08. The largest absolute Gasteiger partial charge is 0.573 e. The summed E-state index contributed by atoms with van der Waals surface area (Å²) in [6.07, 6.45) is -3.22. The molecule has 3 rings (SSSR count). The molecule has 2 aromatic rings. The van der Waals surface area contributed by atoms with E-state index in [0.717, 1.165) is 26.6 Å². The third kappa shape index (κ3) is 6.62. The van der Waals surface area contributed by atoms with Crippen LogP contribution in [0.5, 0.6) is 5.75 Å². The fourth-order valence-corrected chi connectivity index (χ4v) is 4.06. The van der Waals surface area contributed by atoms with Gasteiger partial charge in [-0.1, -0.05) is 11.6 Å². The highest BCUT2D eigenvalue weighted by Gasteiger charge is 2.49. The van der Waals surface area contributed by atoms with E-state index in [2.05, 4.69) is 20.0 Å². The molecule has 1 aromatic carbocycles. The van der Waals surface area contributed by atoms with Gasteiger partial charge >= 0.3 is 6.36 Å². The molecule has 2 atom stereocenters. The van der Waals surface area contributed by atoms with Crippen LogP contribution < -0.4 is 15.0 Å². The second kappa shape index (κ2) is 10.7. The number of nitrogens with zero attached hydrogens (tertiary/aromatic N) is 3. The van der Waals surface area contributed by atoms with E-state index in [1.807, 2.05) is 0 Å². The normalized spacial score (nSPS) is 18.4. The SMILES string of the molecule is B[C@](C(=O)NC1CCC(F)(F)CC1)(c1cncnc1)N(C(=O)[C@H](F)Cl)c1ccc(OC(F)(F)F)cc1F. The molecule has 0 spiro atoms. The van der Waals surface area contributed by atoms with Crippen molar-refractivity contribution in [3.63, 3.8) is 0 Å². The van der Waals surface area contributed by atoms with Gasteiger partial charge in [-0.25, -0.2) is 27.5 Å². The van der Waals surface area contributed by atoms with Gasteiger partial charge in [0, 0.05) is 42.9 Å². The van der Waals surface area contributed by atoms with Crippen molar-refractivity contribution in [2.75, 3.05) is 4.90 Å². The van der Waals surface area contributed by atoms with Gasteiger partial charge in [0.15, 0.2) is 13.7 Å². The van der Waals surface area contributed by atoms with Gasteiger partial charge in [-0.05, 0) is 25.0 Å². The van der Waals surface area contributed by atoms with Crippen molar-refractivity contribution in [2.45, 2.75) is 55.1 Å². The summed E-state index contributed by atoms with van der Waals surface area (Å²) < 4.78 is 97.8. The number of carbonyl (C=O) groups is 2. The molecule has 2 amide bonds. The van der Waals surface area contributed by atoms with Crippen LogP contribution in [0, 0.1) is 5.82 Å². The molecule has 1 aliphatic rings. The number of amides is 2. The molecule has 0 radical (unpaired) electrons. The van der Waals surface area contributed by atoms with Gasteiger partial charge in [-0.2, -0.15) is 0 Å². The lowest BCUT2D eigenvalue weighted by Crippen LogP contribution is -2.62. The number of nitrogens with one attached hydrogen (secondary N) is 1. The van der Waals surface area contributed by atoms with Crippen LogP contribution in [-0.2, 0) is 15.0 Å². The summed E-state index contributed by atoms with van der Waals surface area (Å²) in [5.41, 5.74) is -6.12. The molecule has 1 N–H and O–H groups in total. The van der Waals surface area contributed by atoms with Crippen molar-refractivity contribution in [3.8, 4) is 5.75 Å². The lowest BCUT2D eigenvalue weighted by atomic mass is 9.69. The minimum Gasteiger partial charge on any atom is -0.406 e. The van der Waals surface area contributed by atoms with Crippen molar-refractivity contribution < 1.29 is 45.1 Å². The summed E-state index contributed by atoms with van der Waals surface area (Å²) in [4.78, 5) is 34.4. The zero-order valence-electron chi connectivity index (χ0n) is 19.0. The number of benzene rings is 1. The molecule has 0 aliphatic heterocycles. The van der Waals surface area contributed by atoms with Crippen LogP contribution in [-0.4, -0.2) is 53.6 Å². The van der Waals surface area contributed by atoms with Crippen LogP contribution in [0.1, 0.15) is 31.2 Å². The van der Waals surface area contributed by atoms with Crippen LogP contribution >= 0.6 is 11.6 Å². The number of hydrogen-bond acceptors (Lipinski definition) is 5. The van der Waals surface area contributed by atoms with Crippen LogP contribution in [0.25, 0.3) is 0 Å². The number of hydrogen-bond donors (Lipinski definition) is 1. The average molecular weight is 555 g/mol. The van der Waals surface area contributed by atoms with Gasteiger partial charge in [-0.3, -0.25) is 14.5 Å². The summed E-state index contributed by atoms with van der Waals surface area (Å²) in [6.45, 7) is 0. The van der Waals surface area contributed by atoms with Crippen molar-refractivity contribution >= 4 is 36.9 Å². The zero-order valence-corrected chi connectivity index (χ0v) is 19.8. The third-order valence-electron chi connectivity index (χ3n) is 5.87. The topological polar surface area (TPSA) is 84.4 Å². The van der Waals surface area contributed by atoms with Crippen molar-refractivity contribution in [2.24, 2.45) is 0 Å². The van der Waals surface area contributed by atoms with Crippen LogP contribution in [0.3, 0.4) is 0 Å². The van der Waals surface area contributed by atoms with E-state index in [-0.39, 0.29) is 24.5 Å². The monoisotopic (exact) mass is 554 g/mol. The summed E-state index contributed by atoms with van der Waals surface area (Å²) >= 11 is 5.37. The van der Waals surface area contributed by atoms with Gasteiger partial charge in [0.05, 0.1) is 5.69 Å². The molecule has 1 fully saturated rings. The first-order chi connectivity index (χ1) is 17.1. The first-order valence-electron chi connectivity index (χ1n) is 10.8. The van der Waals surface area contributed by atoms with Gasteiger partial charge in [-0.15, -0.1) is 13.2 Å². The summed E-state index contributed by atoms with van der Waals surface area (Å²) in [6, 6.07) is 0.839. The first kappa shape index (κ1) is 28.5. The zero-order chi connectivity index (χ0) is 27.6. The van der Waals surface area contributed by atoms with Crippen LogP contribution in [0.4, 0.5) is 36.4 Å². The number of halogens is 8. The quantitative estimate of drug-likeness (QED) is 0.322. The molecule has 0 unspecified atom stereocenters. The molecular weight excluding hydrogens is 536 g/mol. The van der Waals surface area contributed by atoms with Gasteiger partial charge in [0.1, 0.15) is 17.5 Å². The highest BCUT2D eigenvalue weighted by Crippen LogP contribution is 2.38. The highest BCUT2D eigenvalue weighted by molar-refractivity contribution is 6.37. The summed E-state index contributed by atoms with van der Waals surface area (Å²) in [5.74, 6) is -8.06. The summed E-state index contributed by atoms with van der Waals surface area (Å²) in [5, 5.41) is 2.52. The van der Waals surface area contributed by atoms with E-state index in [9.17, 15) is 35.9 Å². The van der Waals surface area contributed by atoms with E-state index < -0.39 is 71.3 Å². The van der Waals surface area contributed by atoms with E-state index in [1.54, 1.807) is 0 Å². The number of rotatable bonds is 7. The minimum absolute atomic E-state index is 0.118. The van der Waals surface area contributed by atoms with Crippen molar-refractivity contribution in [1.29, 1.82) is 0 Å². The predicted octanol–water partition coefficient (Wildman–Crippen LogP) is 3.56. The molecular formula is C21H19BClF7N4O3. The predicted molar refractivity (Wildman–Crippen MR) is 119 cm³/mol. The molecule has 200 valence electrons. The molecule has 1 aliphatic carbocycles. The lowest BCUT2D eigenvalue weighted by molar-refractivity contribution is -0.274. The van der Waals surface area contributed by atoms with E-state index >= 15 is 4.39 Å². The van der Waals surface area contributed by atoms with E-state index in [0.29, 0.717) is 17.0 Å². The Bertz CT molecular complexity index is 1130. The van der Waals surface area contributed by atoms with E-state index in [4.69, 9.17) is 11.6 Å². The van der Waals surface area contributed by atoms with Crippen LogP contribution in [0.15, 0.2) is 36.9 Å². The minimum atomic E-state index is -5.16. The molecule has 1 saturated carbocycles. The fraction of sp³-hybridized carbons (Fsp3) is 0.429. The Kier molecular flexibility index (Phi) is 8.25. The Hall–Kier alpha value is -3.10. The number of anilines is 1. The van der Waals surface area contributed by atoms with Gasteiger partial charge in [0.25, 0.3) is 11.5 Å². The second-order valence-corrected chi connectivity index (χ2v) is 8.82. The fourth-order valence-electron chi connectivity index (χ4n) is 3.97. The number of aromatic nitrogens is 2. The first-order valence-corrected chi connectivity index (χ1v) is 11.2. The maximum absolute atomic E-state index is 15.1. The Morgan fingerprint density at radius 3 is 2.30 bits per heavy atom. The van der Waals surface area contributed by atoms with E-state index in [1.165, 1.54) is 0 Å². The molecule has 1 heterocycles. The highest BCUT2D eigenvalue weighted by atomic mass is 35.5. The Labute approximate surface area is 211 Å². The lowest BCUT2D eigenvalue weighted by Gasteiger charge is -2.42. The number of alkyl halides is 7. The molecule has 37 heavy (non-hydrogen) atoms. The average Bonchev–Trinajstić information content (AvgIpc) is 2.81. The maximum Gasteiger partial charge on any atom is 0.573 e. The van der Waals surface area contributed by atoms with Gasteiger partial charge < -0.3 is 10.1 Å². The molecule has 1 aromatic heterocycles. The Balaban J connectivity index is 2.10. The molecule has 0 saturated heterocycles. The van der Waals surface area contributed by atoms with Gasteiger partial charge in [0.2, 0.25) is 11.8 Å². The van der Waals surface area contributed by atoms with Crippen molar-refractivity contribution in [3.05, 3.63) is 48.3 Å². The molecule has 0 bridgehead atoms. The standard InChI is InChI=1S/C21H19BClF7N4O3/c22-20(11-8-31-10-32-9-11,18(36)33-12-3-5-19(26,27)6-4-12)34(17(35)16(23)25)15-2-1-13(7-14(15)24)37-21(28,29)30/h1-2,7-10,12,16H,3-6,22H2,(H,33,36)/t16-,20+/m0/s1. The maximum atomic E-state index is 15.1. The van der Waals surface area contributed by atoms with Crippen molar-refractivity contribution in [1.82, 2.24) is 15.3 Å². The molecule has 7 nitrogen and oxygen atoms in total. The Morgan fingerprint density at radius 1 is 1.19 bits per heavy atom. The van der Waals surface area contributed by atoms with Crippen LogP contribution in [0.2, 0.25) is 0 Å². The Morgan fingerprint density at radius 2 is 1.78 bits per heavy atom. The molecule has 16 heteroatoms. The number of ether oxygens (including phenoxy) is 1. The third-order valence-corrected chi connectivity index (χ3v) is 6.05. The second-order valence-electron chi connectivity index (χ2n) is 8.44. The smallest absolute Gasteiger partial charge is 0.406 e. The number of carbonyl (C=O) groups excluding carboxylic acids is 2.